The van der Waals surface area contributed by atoms with Crippen molar-refractivity contribution in [3.05, 3.63) is 0 Å². The molecule has 1 heterocycles. The van der Waals surface area contributed by atoms with Crippen LogP contribution in [0.1, 0.15) is 19.3 Å². The Labute approximate surface area is 102 Å². The first kappa shape index (κ1) is 14.4. The van der Waals surface area contributed by atoms with E-state index in [1.54, 1.807) is 4.90 Å². The zero-order valence-corrected chi connectivity index (χ0v) is 10.7. The lowest BCUT2D eigenvalue weighted by Crippen LogP contribution is -2.41. The van der Waals surface area contributed by atoms with E-state index in [9.17, 15) is 18.3 Å². The van der Waals surface area contributed by atoms with Crippen molar-refractivity contribution in [3.63, 3.8) is 0 Å². The topological polar surface area (TPSA) is 101 Å². The number of piperidine rings is 1. The molecule has 0 aliphatic carbocycles. The lowest BCUT2D eigenvalue weighted by Gasteiger charge is -2.26. The van der Waals surface area contributed by atoms with Gasteiger partial charge in [0, 0.05) is 19.6 Å². The molecule has 0 aromatic carbocycles. The normalized spacial score (nSPS) is 19.1. The van der Waals surface area contributed by atoms with Crippen LogP contribution in [0.25, 0.3) is 0 Å². The molecule has 1 aliphatic rings. The summed E-state index contributed by atoms with van der Waals surface area (Å²) >= 11 is 0. The van der Waals surface area contributed by atoms with Gasteiger partial charge in [-0.05, 0) is 19.3 Å². The summed E-state index contributed by atoms with van der Waals surface area (Å²) in [6.45, 7) is 1.15. The molecule has 7 heteroatoms. The van der Waals surface area contributed by atoms with Crippen LogP contribution in [0, 0.1) is 0 Å². The van der Waals surface area contributed by atoms with Gasteiger partial charge in [0.05, 0.1) is 11.9 Å². The van der Waals surface area contributed by atoms with Crippen molar-refractivity contribution in [2.45, 2.75) is 25.4 Å². The molecule has 1 aliphatic heterocycles. The summed E-state index contributed by atoms with van der Waals surface area (Å²) in [5.74, 6) is -1.33. The smallest absolute Gasteiger partial charge is 0.237 e. The number of rotatable bonds is 5. The van der Waals surface area contributed by atoms with Crippen molar-refractivity contribution in [3.8, 4) is 0 Å². The molecule has 0 aromatic rings. The van der Waals surface area contributed by atoms with Gasteiger partial charge in [-0.15, -0.1) is 0 Å². The van der Waals surface area contributed by atoms with Crippen LogP contribution in [0.15, 0.2) is 0 Å². The zero-order chi connectivity index (χ0) is 12.9. The summed E-state index contributed by atoms with van der Waals surface area (Å²) in [4.78, 5) is 13.3. The molecular weight excluding hydrogens is 244 g/mol. The number of carbonyl (C=O) groups excluding carboxylic acids is 1. The van der Waals surface area contributed by atoms with E-state index < -0.39 is 27.4 Å². The second-order valence-corrected chi connectivity index (χ2v) is 6.49. The second-order valence-electron chi connectivity index (χ2n) is 4.39. The quantitative estimate of drug-likeness (QED) is 0.645. The first-order chi connectivity index (χ1) is 7.94. The summed E-state index contributed by atoms with van der Waals surface area (Å²) in [7, 11) is -3.56. The van der Waals surface area contributed by atoms with Gasteiger partial charge in [0.15, 0.2) is 9.84 Å². The van der Waals surface area contributed by atoms with Gasteiger partial charge < -0.3 is 15.7 Å². The highest BCUT2D eigenvalue weighted by atomic mass is 32.2. The molecule has 3 N–H and O–H groups in total. The van der Waals surface area contributed by atoms with Crippen LogP contribution in [0.4, 0.5) is 0 Å². The highest BCUT2D eigenvalue weighted by molar-refractivity contribution is 7.92. The third-order valence-corrected chi connectivity index (χ3v) is 4.35. The number of nitrogens with two attached hydrogens (primary N) is 1. The molecule has 0 unspecified atom stereocenters. The Bertz CT molecular complexity index is 349. The van der Waals surface area contributed by atoms with Gasteiger partial charge >= 0.3 is 0 Å². The number of hydrogen-bond acceptors (Lipinski definition) is 5. The SMILES string of the molecule is NC[C@@H](O)CS(=O)(=O)CC(=O)N1CCCCC1. The van der Waals surface area contributed by atoms with E-state index in [0.717, 1.165) is 19.3 Å². The molecule has 100 valence electrons. The van der Waals surface area contributed by atoms with Crippen LogP contribution in [0.3, 0.4) is 0 Å². The highest BCUT2D eigenvalue weighted by Gasteiger charge is 2.24. The van der Waals surface area contributed by atoms with Crippen LogP contribution in [0.2, 0.25) is 0 Å². The average Bonchev–Trinajstić information content (AvgIpc) is 2.28. The summed E-state index contributed by atoms with van der Waals surface area (Å²) < 4.78 is 23.2. The van der Waals surface area contributed by atoms with Crippen LogP contribution in [0.5, 0.6) is 0 Å². The van der Waals surface area contributed by atoms with Gasteiger partial charge in [0.2, 0.25) is 5.91 Å². The van der Waals surface area contributed by atoms with Gasteiger partial charge in [-0.3, -0.25) is 4.79 Å². The Morgan fingerprint density at radius 1 is 1.29 bits per heavy atom. The number of hydrogen-bond donors (Lipinski definition) is 2. The van der Waals surface area contributed by atoms with E-state index in [4.69, 9.17) is 5.73 Å². The van der Waals surface area contributed by atoms with E-state index in [2.05, 4.69) is 0 Å². The third-order valence-electron chi connectivity index (χ3n) is 2.77. The summed E-state index contributed by atoms with van der Waals surface area (Å²) in [6, 6.07) is 0. The Morgan fingerprint density at radius 2 is 1.88 bits per heavy atom. The number of likely N-dealkylation sites (tertiary alicyclic amines) is 1. The molecule has 1 rings (SSSR count). The Kier molecular flexibility index (Phi) is 5.35. The molecule has 0 aromatic heterocycles. The molecule has 0 radical (unpaired) electrons. The number of aliphatic hydroxyl groups is 1. The third kappa shape index (κ3) is 5.01. The van der Waals surface area contributed by atoms with Crippen molar-refractivity contribution in [1.82, 2.24) is 4.90 Å². The molecular formula is C10H20N2O4S. The minimum Gasteiger partial charge on any atom is -0.391 e. The number of nitrogens with zero attached hydrogens (tertiary/aromatic N) is 1. The highest BCUT2D eigenvalue weighted by Crippen LogP contribution is 2.09. The zero-order valence-electron chi connectivity index (χ0n) is 9.84. The van der Waals surface area contributed by atoms with E-state index in [1.165, 1.54) is 0 Å². The summed E-state index contributed by atoms with van der Waals surface area (Å²) in [5.41, 5.74) is 5.14. The predicted molar refractivity (Wildman–Crippen MR) is 64.1 cm³/mol. The maximum absolute atomic E-state index is 11.7. The summed E-state index contributed by atoms with van der Waals surface area (Å²) in [6.07, 6.45) is 1.85. The number of amides is 1. The molecule has 1 saturated heterocycles. The molecule has 0 spiro atoms. The molecule has 0 saturated carbocycles. The Balaban J connectivity index is 2.48. The molecule has 1 atom stereocenters. The van der Waals surface area contributed by atoms with E-state index in [0.29, 0.717) is 13.1 Å². The van der Waals surface area contributed by atoms with Crippen molar-refractivity contribution in [2.24, 2.45) is 5.73 Å². The first-order valence-electron chi connectivity index (χ1n) is 5.81. The Hall–Kier alpha value is -0.660. The molecule has 17 heavy (non-hydrogen) atoms. The predicted octanol–water partition coefficient (Wildman–Crippen LogP) is -1.27. The second kappa shape index (κ2) is 6.32. The number of aliphatic hydroxyl groups excluding tert-OH is 1. The fourth-order valence-electron chi connectivity index (χ4n) is 1.84. The van der Waals surface area contributed by atoms with Crippen LogP contribution in [-0.4, -0.2) is 61.6 Å². The maximum atomic E-state index is 11.7. The lowest BCUT2D eigenvalue weighted by molar-refractivity contribution is -0.129. The van der Waals surface area contributed by atoms with E-state index in [1.807, 2.05) is 0 Å². The van der Waals surface area contributed by atoms with Gasteiger partial charge in [0.1, 0.15) is 5.75 Å². The number of sulfone groups is 1. The van der Waals surface area contributed by atoms with Gasteiger partial charge in [-0.1, -0.05) is 0 Å². The molecule has 1 amide bonds. The maximum Gasteiger partial charge on any atom is 0.237 e. The van der Waals surface area contributed by atoms with Gasteiger partial charge in [0.25, 0.3) is 0 Å². The lowest BCUT2D eigenvalue weighted by atomic mass is 10.1. The van der Waals surface area contributed by atoms with Crippen molar-refractivity contribution >= 4 is 15.7 Å². The fraction of sp³-hybridized carbons (Fsp3) is 0.900. The Morgan fingerprint density at radius 3 is 2.41 bits per heavy atom. The summed E-state index contributed by atoms with van der Waals surface area (Å²) in [5, 5.41) is 9.19. The van der Waals surface area contributed by atoms with Gasteiger partial charge in [-0.25, -0.2) is 8.42 Å². The van der Waals surface area contributed by atoms with Crippen molar-refractivity contribution in [2.75, 3.05) is 31.1 Å². The minimum atomic E-state index is -3.56. The first-order valence-corrected chi connectivity index (χ1v) is 7.63. The van der Waals surface area contributed by atoms with E-state index >= 15 is 0 Å². The van der Waals surface area contributed by atoms with Crippen molar-refractivity contribution < 1.29 is 18.3 Å². The molecule has 0 bridgehead atoms. The van der Waals surface area contributed by atoms with Crippen LogP contribution >= 0.6 is 0 Å². The largest absolute Gasteiger partial charge is 0.391 e. The van der Waals surface area contributed by atoms with E-state index in [-0.39, 0.29) is 12.5 Å². The monoisotopic (exact) mass is 264 g/mol. The molecule has 6 nitrogen and oxygen atoms in total. The average molecular weight is 264 g/mol. The van der Waals surface area contributed by atoms with Crippen molar-refractivity contribution in [1.29, 1.82) is 0 Å². The standard InChI is InChI=1S/C10H20N2O4S/c11-6-9(13)7-17(15,16)8-10(14)12-4-2-1-3-5-12/h9,13H,1-8,11H2/t9-/m1/s1. The number of carbonyl (C=O) groups is 1. The van der Waals surface area contributed by atoms with Crippen LogP contribution < -0.4 is 5.73 Å². The fourth-order valence-corrected chi connectivity index (χ4v) is 3.24. The van der Waals surface area contributed by atoms with Gasteiger partial charge in [-0.2, -0.15) is 0 Å². The van der Waals surface area contributed by atoms with Crippen LogP contribution in [-0.2, 0) is 14.6 Å². The molecule has 1 fully saturated rings. The minimum absolute atomic E-state index is 0.114.